The Kier molecular flexibility index (Phi) is 2.59. The smallest absolute Gasteiger partial charge is 0.129 e. The molecule has 2 nitrogen and oxygen atoms in total. The molecule has 0 aliphatic carbocycles. The topological polar surface area (TPSA) is 17.8 Å². The molecular formula is C15H12F2N2. The number of halogens is 2. The number of fused-ring (bicyclic) bond motifs is 1. The molecule has 96 valence electrons. The van der Waals surface area contributed by atoms with Gasteiger partial charge in [-0.3, -0.25) is 4.68 Å². The molecular weight excluding hydrogens is 246 g/mol. The van der Waals surface area contributed by atoms with Crippen LogP contribution < -0.4 is 0 Å². The first-order valence-electron chi connectivity index (χ1n) is 5.94. The number of nitrogens with zero attached hydrogens (tertiary/aromatic N) is 2. The van der Waals surface area contributed by atoms with Gasteiger partial charge in [0.25, 0.3) is 0 Å². The van der Waals surface area contributed by atoms with Gasteiger partial charge in [0.15, 0.2) is 0 Å². The molecule has 3 rings (SSSR count). The van der Waals surface area contributed by atoms with E-state index >= 15 is 0 Å². The average molecular weight is 258 g/mol. The number of rotatable bonds is 1. The summed E-state index contributed by atoms with van der Waals surface area (Å²) in [5.74, 6) is -1.06. The molecule has 0 amide bonds. The van der Waals surface area contributed by atoms with Gasteiger partial charge in [-0.15, -0.1) is 0 Å². The van der Waals surface area contributed by atoms with Gasteiger partial charge in [-0.2, -0.15) is 5.10 Å². The van der Waals surface area contributed by atoms with Crippen LogP contribution in [0, 0.1) is 18.6 Å². The van der Waals surface area contributed by atoms with Crippen molar-refractivity contribution in [3.05, 3.63) is 53.7 Å². The van der Waals surface area contributed by atoms with E-state index in [0.29, 0.717) is 5.56 Å². The molecule has 0 unspecified atom stereocenters. The van der Waals surface area contributed by atoms with Crippen molar-refractivity contribution in [3.8, 4) is 11.1 Å². The van der Waals surface area contributed by atoms with E-state index in [-0.39, 0.29) is 5.56 Å². The molecule has 0 spiro atoms. The van der Waals surface area contributed by atoms with E-state index < -0.39 is 11.6 Å². The third kappa shape index (κ3) is 1.89. The Hall–Kier alpha value is -2.23. The molecule has 0 radical (unpaired) electrons. The third-order valence-electron chi connectivity index (χ3n) is 3.26. The van der Waals surface area contributed by atoms with Crippen LogP contribution in [0.2, 0.25) is 0 Å². The fourth-order valence-electron chi connectivity index (χ4n) is 2.21. The molecule has 19 heavy (non-hydrogen) atoms. The van der Waals surface area contributed by atoms with Crippen molar-refractivity contribution in [1.29, 1.82) is 0 Å². The Morgan fingerprint density at radius 3 is 2.47 bits per heavy atom. The predicted octanol–water partition coefficient (Wildman–Crippen LogP) is 3.83. The van der Waals surface area contributed by atoms with Gasteiger partial charge in [-0.05, 0) is 36.2 Å². The molecule has 1 aromatic heterocycles. The third-order valence-corrected chi connectivity index (χ3v) is 3.26. The SMILES string of the molecule is Cc1c(F)cc(-c2cccc3nn(C)cc23)cc1F. The second-order valence-corrected chi connectivity index (χ2v) is 4.61. The van der Waals surface area contributed by atoms with Crippen LogP contribution in [0.3, 0.4) is 0 Å². The molecule has 0 saturated carbocycles. The highest BCUT2D eigenvalue weighted by atomic mass is 19.1. The van der Waals surface area contributed by atoms with Crippen LogP contribution in [0.5, 0.6) is 0 Å². The summed E-state index contributed by atoms with van der Waals surface area (Å²) < 4.78 is 29.0. The van der Waals surface area contributed by atoms with Crippen molar-refractivity contribution >= 4 is 10.9 Å². The second kappa shape index (κ2) is 4.16. The van der Waals surface area contributed by atoms with Crippen molar-refractivity contribution in [2.45, 2.75) is 6.92 Å². The van der Waals surface area contributed by atoms with E-state index in [1.807, 2.05) is 31.4 Å². The van der Waals surface area contributed by atoms with E-state index in [9.17, 15) is 8.78 Å². The van der Waals surface area contributed by atoms with Crippen LogP contribution in [0.4, 0.5) is 8.78 Å². The van der Waals surface area contributed by atoms with Crippen LogP contribution in [-0.4, -0.2) is 9.78 Å². The zero-order chi connectivity index (χ0) is 13.6. The Morgan fingerprint density at radius 2 is 1.79 bits per heavy atom. The summed E-state index contributed by atoms with van der Waals surface area (Å²) in [7, 11) is 1.82. The van der Waals surface area contributed by atoms with Gasteiger partial charge < -0.3 is 0 Å². The lowest BCUT2D eigenvalue weighted by Gasteiger charge is -2.06. The highest BCUT2D eigenvalue weighted by Gasteiger charge is 2.11. The van der Waals surface area contributed by atoms with Crippen LogP contribution in [-0.2, 0) is 7.05 Å². The minimum atomic E-state index is -0.532. The second-order valence-electron chi connectivity index (χ2n) is 4.61. The molecule has 2 aromatic carbocycles. The van der Waals surface area contributed by atoms with Gasteiger partial charge >= 0.3 is 0 Å². The zero-order valence-electron chi connectivity index (χ0n) is 10.6. The Balaban J connectivity index is 2.30. The quantitative estimate of drug-likeness (QED) is 0.648. The minimum Gasteiger partial charge on any atom is -0.275 e. The normalized spacial score (nSPS) is 11.2. The van der Waals surface area contributed by atoms with Crippen molar-refractivity contribution in [2.75, 3.05) is 0 Å². The Morgan fingerprint density at radius 1 is 1.11 bits per heavy atom. The fraction of sp³-hybridized carbons (Fsp3) is 0.133. The minimum absolute atomic E-state index is 0.0436. The highest BCUT2D eigenvalue weighted by Crippen LogP contribution is 2.30. The van der Waals surface area contributed by atoms with Gasteiger partial charge in [0.05, 0.1) is 5.52 Å². The number of benzene rings is 2. The lowest BCUT2D eigenvalue weighted by atomic mass is 10.0. The summed E-state index contributed by atoms with van der Waals surface area (Å²) in [6.45, 7) is 1.43. The average Bonchev–Trinajstić information content (AvgIpc) is 2.75. The first kappa shape index (κ1) is 11.8. The molecule has 0 atom stereocenters. The monoisotopic (exact) mass is 258 g/mol. The fourth-order valence-corrected chi connectivity index (χ4v) is 2.21. The van der Waals surface area contributed by atoms with Gasteiger partial charge in [0.2, 0.25) is 0 Å². The molecule has 0 saturated heterocycles. The maximum absolute atomic E-state index is 13.7. The van der Waals surface area contributed by atoms with Crippen molar-refractivity contribution in [2.24, 2.45) is 7.05 Å². The van der Waals surface area contributed by atoms with Gasteiger partial charge in [0.1, 0.15) is 11.6 Å². The van der Waals surface area contributed by atoms with Gasteiger partial charge in [-0.25, -0.2) is 8.78 Å². The van der Waals surface area contributed by atoms with Gasteiger partial charge in [-0.1, -0.05) is 12.1 Å². The molecule has 1 heterocycles. The predicted molar refractivity (Wildman–Crippen MR) is 70.8 cm³/mol. The summed E-state index contributed by atoms with van der Waals surface area (Å²) in [6, 6.07) is 8.27. The summed E-state index contributed by atoms with van der Waals surface area (Å²) in [5, 5.41) is 5.17. The zero-order valence-corrected chi connectivity index (χ0v) is 10.6. The maximum Gasteiger partial charge on any atom is 0.129 e. The van der Waals surface area contributed by atoms with Crippen LogP contribution in [0.25, 0.3) is 22.0 Å². The van der Waals surface area contributed by atoms with Crippen molar-refractivity contribution in [3.63, 3.8) is 0 Å². The van der Waals surface area contributed by atoms with Crippen LogP contribution in [0.1, 0.15) is 5.56 Å². The van der Waals surface area contributed by atoms with Crippen LogP contribution >= 0.6 is 0 Å². The first-order valence-corrected chi connectivity index (χ1v) is 5.94. The molecule has 0 aliphatic heterocycles. The number of aromatic nitrogens is 2. The number of hydrogen-bond acceptors (Lipinski definition) is 1. The lowest BCUT2D eigenvalue weighted by molar-refractivity contribution is 0.569. The van der Waals surface area contributed by atoms with Gasteiger partial charge in [0, 0.05) is 24.2 Å². The van der Waals surface area contributed by atoms with E-state index in [0.717, 1.165) is 16.5 Å². The summed E-state index contributed by atoms with van der Waals surface area (Å²) in [4.78, 5) is 0. The van der Waals surface area contributed by atoms with E-state index in [4.69, 9.17) is 0 Å². The standard InChI is InChI=1S/C15H12F2N2/c1-9-13(16)6-10(7-14(9)17)11-4-3-5-15-12(11)8-19(2)18-15/h3-8H,1-2H3. The molecule has 0 bridgehead atoms. The van der Waals surface area contributed by atoms with E-state index in [1.165, 1.54) is 19.1 Å². The molecule has 3 aromatic rings. The summed E-state index contributed by atoms with van der Waals surface area (Å²) in [5.41, 5.74) is 2.16. The highest BCUT2D eigenvalue weighted by molar-refractivity contribution is 5.94. The van der Waals surface area contributed by atoms with Crippen molar-refractivity contribution in [1.82, 2.24) is 9.78 Å². The first-order chi connectivity index (χ1) is 9.06. The Bertz CT molecular complexity index is 752. The largest absolute Gasteiger partial charge is 0.275 e. The number of aryl methyl sites for hydroxylation is 1. The van der Waals surface area contributed by atoms with Crippen molar-refractivity contribution < 1.29 is 8.78 Å². The summed E-state index contributed by atoms with van der Waals surface area (Å²) in [6.07, 6.45) is 1.85. The van der Waals surface area contributed by atoms with Crippen LogP contribution in [0.15, 0.2) is 36.5 Å². The molecule has 4 heteroatoms. The Labute approximate surface area is 109 Å². The lowest BCUT2D eigenvalue weighted by Crippen LogP contribution is -1.90. The molecule has 0 fully saturated rings. The van der Waals surface area contributed by atoms with E-state index in [1.54, 1.807) is 4.68 Å². The number of hydrogen-bond donors (Lipinski definition) is 0. The summed E-state index contributed by atoms with van der Waals surface area (Å²) >= 11 is 0. The van der Waals surface area contributed by atoms with E-state index in [2.05, 4.69) is 5.10 Å². The maximum atomic E-state index is 13.7. The molecule has 0 aliphatic rings. The molecule has 0 N–H and O–H groups in total.